The topological polar surface area (TPSA) is 190 Å². The van der Waals surface area contributed by atoms with E-state index < -0.39 is 74.6 Å². The number of hydrogen-bond acceptors (Lipinski definition) is 11. The molecule has 0 radical (unpaired) electrons. The van der Waals surface area contributed by atoms with Gasteiger partial charge in [-0.2, -0.15) is 0 Å². The van der Waals surface area contributed by atoms with Crippen LogP contribution in [-0.4, -0.2) is 115 Å². The fraction of sp³-hybridized carbons (Fsp3) is 1.00. The van der Waals surface area contributed by atoms with Gasteiger partial charge in [0.25, 0.3) is 0 Å². The van der Waals surface area contributed by atoms with Crippen molar-refractivity contribution in [2.45, 2.75) is 61.4 Å². The maximum Gasteiger partial charge on any atom is 0.187 e. The molecular formula is C12H22O11. The Kier molecular flexibility index (Phi) is 6.27. The highest BCUT2D eigenvalue weighted by molar-refractivity contribution is 4.93. The quantitative estimate of drug-likeness (QED) is 0.243. The standard InChI is InChI=1S/C12H22O11/c13-1-3-5(15)7(17)8(18)12(22-3)23-10-6(16)4(2-14)21-11(20)9(10)19/h3-20H,1-2H2/t3-,4-,5-,6-,7+,8-,9-,10-,11+,12+/m1/s1. The molecule has 0 amide bonds. The zero-order valence-corrected chi connectivity index (χ0v) is 12.0. The van der Waals surface area contributed by atoms with Gasteiger partial charge in [-0.05, 0) is 0 Å². The van der Waals surface area contributed by atoms with Crippen molar-refractivity contribution in [1.29, 1.82) is 0 Å². The molecule has 8 N–H and O–H groups in total. The molecule has 136 valence electrons. The van der Waals surface area contributed by atoms with Gasteiger partial charge in [-0.25, -0.2) is 0 Å². The Morgan fingerprint density at radius 3 is 1.78 bits per heavy atom. The van der Waals surface area contributed by atoms with Gasteiger partial charge in [0.1, 0.15) is 48.8 Å². The summed E-state index contributed by atoms with van der Waals surface area (Å²) in [6, 6.07) is 0. The zero-order chi connectivity index (χ0) is 17.3. The first-order valence-corrected chi connectivity index (χ1v) is 7.08. The Labute approximate surface area is 130 Å². The van der Waals surface area contributed by atoms with Gasteiger partial charge in [0.05, 0.1) is 13.2 Å². The van der Waals surface area contributed by atoms with E-state index in [-0.39, 0.29) is 0 Å². The SMILES string of the molecule is OC[C@H]1O[C@@H](O[C@H]2[C@@H](O)[C@@H](O)O[C@H](CO)[C@H]2O)[C@H](O)[C@@H](O)[C@@H]1O. The van der Waals surface area contributed by atoms with Crippen molar-refractivity contribution < 1.29 is 55.1 Å². The summed E-state index contributed by atoms with van der Waals surface area (Å²) in [7, 11) is 0. The summed E-state index contributed by atoms with van der Waals surface area (Å²) >= 11 is 0. The highest BCUT2D eigenvalue weighted by Crippen LogP contribution is 2.28. The van der Waals surface area contributed by atoms with Gasteiger partial charge in [-0.1, -0.05) is 0 Å². The van der Waals surface area contributed by atoms with Crippen LogP contribution in [0.15, 0.2) is 0 Å². The molecule has 2 aliphatic heterocycles. The van der Waals surface area contributed by atoms with Gasteiger partial charge < -0.3 is 55.1 Å². The lowest BCUT2D eigenvalue weighted by Gasteiger charge is -2.45. The average Bonchev–Trinajstić information content (AvgIpc) is 2.54. The largest absolute Gasteiger partial charge is 0.394 e. The first-order chi connectivity index (χ1) is 10.8. The molecule has 10 atom stereocenters. The van der Waals surface area contributed by atoms with Crippen LogP contribution in [0.5, 0.6) is 0 Å². The molecule has 2 rings (SSSR count). The average molecular weight is 342 g/mol. The van der Waals surface area contributed by atoms with Gasteiger partial charge in [0, 0.05) is 0 Å². The van der Waals surface area contributed by atoms with E-state index in [4.69, 9.17) is 24.4 Å². The minimum Gasteiger partial charge on any atom is -0.394 e. The minimum atomic E-state index is -1.76. The van der Waals surface area contributed by atoms with Crippen LogP contribution in [0.4, 0.5) is 0 Å². The van der Waals surface area contributed by atoms with Crippen molar-refractivity contribution >= 4 is 0 Å². The first kappa shape index (κ1) is 18.9. The van der Waals surface area contributed by atoms with E-state index in [0.717, 1.165) is 0 Å². The lowest BCUT2D eigenvalue weighted by atomic mass is 9.97. The van der Waals surface area contributed by atoms with Gasteiger partial charge in [-0.15, -0.1) is 0 Å². The first-order valence-electron chi connectivity index (χ1n) is 7.08. The number of aliphatic hydroxyl groups is 8. The summed E-state index contributed by atoms with van der Waals surface area (Å²) < 4.78 is 15.1. The third-order valence-electron chi connectivity index (χ3n) is 3.98. The Balaban J connectivity index is 2.11. The minimum absolute atomic E-state index is 0.667. The number of rotatable bonds is 4. The molecule has 11 heteroatoms. The van der Waals surface area contributed by atoms with E-state index in [1.165, 1.54) is 0 Å². The Morgan fingerprint density at radius 1 is 0.652 bits per heavy atom. The molecule has 0 aromatic rings. The summed E-state index contributed by atoms with van der Waals surface area (Å²) in [6.45, 7) is -1.34. The highest BCUT2D eigenvalue weighted by Gasteiger charge is 2.50. The Hall–Kier alpha value is -0.440. The second-order valence-electron chi connectivity index (χ2n) is 5.53. The van der Waals surface area contributed by atoms with Crippen LogP contribution in [0.2, 0.25) is 0 Å². The summed E-state index contributed by atoms with van der Waals surface area (Å²) in [4.78, 5) is 0. The van der Waals surface area contributed by atoms with Crippen molar-refractivity contribution in [3.05, 3.63) is 0 Å². The Bertz CT molecular complexity index is 380. The number of ether oxygens (including phenoxy) is 3. The molecule has 2 heterocycles. The van der Waals surface area contributed by atoms with Crippen LogP contribution in [0.1, 0.15) is 0 Å². The van der Waals surface area contributed by atoms with E-state index in [9.17, 15) is 30.6 Å². The molecule has 0 bridgehead atoms. The van der Waals surface area contributed by atoms with Crippen molar-refractivity contribution in [2.75, 3.05) is 13.2 Å². The fourth-order valence-electron chi connectivity index (χ4n) is 2.56. The third kappa shape index (κ3) is 3.65. The normalized spacial score (nSPS) is 51.7. The highest BCUT2D eigenvalue weighted by atomic mass is 16.7. The predicted octanol–water partition coefficient (Wildman–Crippen LogP) is -5.40. The zero-order valence-electron chi connectivity index (χ0n) is 12.0. The number of hydrogen-bond donors (Lipinski definition) is 8. The molecule has 0 spiro atoms. The lowest BCUT2D eigenvalue weighted by Crippen LogP contribution is -2.64. The third-order valence-corrected chi connectivity index (χ3v) is 3.98. The maximum absolute atomic E-state index is 10.00. The molecule has 2 saturated heterocycles. The summed E-state index contributed by atoms with van der Waals surface area (Å²) in [5, 5.41) is 76.8. The van der Waals surface area contributed by atoms with Crippen LogP contribution in [-0.2, 0) is 14.2 Å². The van der Waals surface area contributed by atoms with Crippen molar-refractivity contribution in [1.82, 2.24) is 0 Å². The Morgan fingerprint density at radius 2 is 1.22 bits per heavy atom. The second-order valence-corrected chi connectivity index (χ2v) is 5.53. The summed E-state index contributed by atoms with van der Waals surface area (Å²) in [5.74, 6) is 0. The van der Waals surface area contributed by atoms with Crippen molar-refractivity contribution in [3.8, 4) is 0 Å². The van der Waals surface area contributed by atoms with Crippen LogP contribution in [0.3, 0.4) is 0 Å². The molecule has 11 nitrogen and oxygen atoms in total. The lowest BCUT2D eigenvalue weighted by molar-refractivity contribution is -0.355. The van der Waals surface area contributed by atoms with Crippen LogP contribution in [0.25, 0.3) is 0 Å². The van der Waals surface area contributed by atoms with Crippen LogP contribution in [0, 0.1) is 0 Å². The molecule has 2 fully saturated rings. The van der Waals surface area contributed by atoms with Crippen LogP contribution < -0.4 is 0 Å². The molecule has 0 saturated carbocycles. The monoisotopic (exact) mass is 342 g/mol. The summed E-state index contributed by atoms with van der Waals surface area (Å²) in [6.07, 6.45) is -15.7. The van der Waals surface area contributed by atoms with E-state index >= 15 is 0 Å². The van der Waals surface area contributed by atoms with E-state index in [0.29, 0.717) is 0 Å². The fourth-order valence-corrected chi connectivity index (χ4v) is 2.56. The summed E-state index contributed by atoms with van der Waals surface area (Å²) in [5.41, 5.74) is 0. The van der Waals surface area contributed by atoms with E-state index in [1.54, 1.807) is 0 Å². The van der Waals surface area contributed by atoms with Gasteiger partial charge in [-0.3, -0.25) is 0 Å². The molecular weight excluding hydrogens is 320 g/mol. The molecule has 2 aliphatic rings. The van der Waals surface area contributed by atoms with Gasteiger partial charge in [0.15, 0.2) is 12.6 Å². The predicted molar refractivity (Wildman–Crippen MR) is 68.6 cm³/mol. The van der Waals surface area contributed by atoms with Crippen molar-refractivity contribution in [3.63, 3.8) is 0 Å². The molecule has 0 aromatic heterocycles. The van der Waals surface area contributed by atoms with E-state index in [1.807, 2.05) is 0 Å². The second kappa shape index (κ2) is 7.63. The molecule has 0 unspecified atom stereocenters. The van der Waals surface area contributed by atoms with Gasteiger partial charge in [0.2, 0.25) is 0 Å². The van der Waals surface area contributed by atoms with Crippen molar-refractivity contribution in [2.24, 2.45) is 0 Å². The van der Waals surface area contributed by atoms with Crippen LogP contribution >= 0.6 is 0 Å². The maximum atomic E-state index is 10.00. The molecule has 23 heavy (non-hydrogen) atoms. The number of aliphatic hydroxyl groups excluding tert-OH is 8. The van der Waals surface area contributed by atoms with E-state index in [2.05, 4.69) is 0 Å². The van der Waals surface area contributed by atoms with Gasteiger partial charge >= 0.3 is 0 Å². The smallest absolute Gasteiger partial charge is 0.187 e. The molecule has 0 aliphatic carbocycles. The molecule has 0 aromatic carbocycles.